The third-order valence-electron chi connectivity index (χ3n) is 1.77. The van der Waals surface area contributed by atoms with E-state index in [1.54, 1.807) is 0 Å². The zero-order valence-corrected chi connectivity index (χ0v) is 9.54. The number of primary amides is 1. The standard InChI is InChI=1S/C8H15NO5S/c1-6(8(11)14-2)5-15(12,13)4-3-7(9)10/h6H,3-5H2,1-2H3,(H2,9,10). The molecule has 0 radical (unpaired) electrons. The second kappa shape index (κ2) is 5.69. The Bertz CT molecular complexity index is 335. The molecular weight excluding hydrogens is 222 g/mol. The van der Waals surface area contributed by atoms with Gasteiger partial charge in [-0.15, -0.1) is 0 Å². The number of methoxy groups -OCH3 is 1. The molecule has 0 aromatic carbocycles. The molecule has 0 aliphatic heterocycles. The van der Waals surface area contributed by atoms with Crippen LogP contribution in [-0.2, 0) is 24.2 Å². The van der Waals surface area contributed by atoms with Crippen molar-refractivity contribution in [3.05, 3.63) is 0 Å². The number of ether oxygens (including phenoxy) is 1. The summed E-state index contributed by atoms with van der Waals surface area (Å²) >= 11 is 0. The molecule has 0 spiro atoms. The number of carbonyl (C=O) groups excluding carboxylic acids is 2. The molecule has 0 bridgehead atoms. The van der Waals surface area contributed by atoms with Gasteiger partial charge in [0.25, 0.3) is 0 Å². The van der Waals surface area contributed by atoms with E-state index in [2.05, 4.69) is 4.74 Å². The van der Waals surface area contributed by atoms with Gasteiger partial charge in [-0.2, -0.15) is 0 Å². The summed E-state index contributed by atoms with van der Waals surface area (Å²) in [4.78, 5) is 21.3. The molecular formula is C8H15NO5S. The zero-order valence-electron chi connectivity index (χ0n) is 8.73. The summed E-state index contributed by atoms with van der Waals surface area (Å²) in [6.45, 7) is 1.45. The van der Waals surface area contributed by atoms with Crippen molar-refractivity contribution in [3.63, 3.8) is 0 Å². The van der Waals surface area contributed by atoms with E-state index >= 15 is 0 Å². The molecule has 0 fully saturated rings. The average Bonchev–Trinajstić information content (AvgIpc) is 2.13. The van der Waals surface area contributed by atoms with Crippen molar-refractivity contribution in [1.29, 1.82) is 0 Å². The highest BCUT2D eigenvalue weighted by Gasteiger charge is 2.22. The molecule has 88 valence electrons. The van der Waals surface area contributed by atoms with Gasteiger partial charge in [-0.3, -0.25) is 9.59 Å². The highest BCUT2D eigenvalue weighted by atomic mass is 32.2. The number of esters is 1. The van der Waals surface area contributed by atoms with Gasteiger partial charge in [0.15, 0.2) is 9.84 Å². The van der Waals surface area contributed by atoms with Crippen LogP contribution in [0.25, 0.3) is 0 Å². The lowest BCUT2D eigenvalue weighted by Gasteiger charge is -2.08. The van der Waals surface area contributed by atoms with Gasteiger partial charge in [-0.25, -0.2) is 8.42 Å². The fraction of sp³-hybridized carbons (Fsp3) is 0.750. The number of carbonyl (C=O) groups is 2. The Balaban J connectivity index is 4.26. The van der Waals surface area contributed by atoms with Crippen LogP contribution in [0.4, 0.5) is 0 Å². The Kier molecular flexibility index (Phi) is 5.27. The first kappa shape index (κ1) is 13.9. The minimum Gasteiger partial charge on any atom is -0.469 e. The van der Waals surface area contributed by atoms with Gasteiger partial charge in [0.2, 0.25) is 5.91 Å². The van der Waals surface area contributed by atoms with Crippen molar-refractivity contribution in [2.45, 2.75) is 13.3 Å². The van der Waals surface area contributed by atoms with Crippen molar-refractivity contribution in [3.8, 4) is 0 Å². The van der Waals surface area contributed by atoms with Crippen LogP contribution in [0, 0.1) is 5.92 Å². The molecule has 0 saturated carbocycles. The first-order valence-corrected chi connectivity index (χ1v) is 6.17. The quantitative estimate of drug-likeness (QED) is 0.602. The number of amides is 1. The second-order valence-corrected chi connectivity index (χ2v) is 5.48. The van der Waals surface area contributed by atoms with Crippen molar-refractivity contribution in [1.82, 2.24) is 0 Å². The molecule has 0 aromatic heterocycles. The maximum atomic E-state index is 11.4. The predicted octanol–water partition coefficient (Wildman–Crippen LogP) is -0.914. The van der Waals surface area contributed by atoms with Crippen molar-refractivity contribution < 1.29 is 22.7 Å². The molecule has 0 rings (SSSR count). The molecule has 1 unspecified atom stereocenters. The number of hydrogen-bond donors (Lipinski definition) is 1. The molecule has 7 heteroatoms. The summed E-state index contributed by atoms with van der Waals surface area (Å²) in [5.41, 5.74) is 4.82. The van der Waals surface area contributed by atoms with Crippen LogP contribution in [0.3, 0.4) is 0 Å². The molecule has 1 amide bonds. The third-order valence-corrected chi connectivity index (χ3v) is 3.60. The molecule has 2 N–H and O–H groups in total. The lowest BCUT2D eigenvalue weighted by Crippen LogP contribution is -2.26. The SMILES string of the molecule is COC(=O)C(C)CS(=O)(=O)CCC(N)=O. The highest BCUT2D eigenvalue weighted by Crippen LogP contribution is 2.05. The molecule has 0 aliphatic carbocycles. The molecule has 0 heterocycles. The second-order valence-electron chi connectivity index (χ2n) is 3.25. The van der Waals surface area contributed by atoms with Gasteiger partial charge >= 0.3 is 5.97 Å². The predicted molar refractivity (Wildman–Crippen MR) is 53.6 cm³/mol. The van der Waals surface area contributed by atoms with Gasteiger partial charge in [0.1, 0.15) is 0 Å². The monoisotopic (exact) mass is 237 g/mol. The normalized spacial score (nSPS) is 13.2. The lowest BCUT2D eigenvalue weighted by atomic mass is 10.2. The van der Waals surface area contributed by atoms with E-state index in [0.29, 0.717) is 0 Å². The minimum absolute atomic E-state index is 0.226. The lowest BCUT2D eigenvalue weighted by molar-refractivity contribution is -0.144. The van der Waals surface area contributed by atoms with Gasteiger partial charge in [0.05, 0.1) is 24.5 Å². The summed E-state index contributed by atoms with van der Waals surface area (Å²) in [7, 11) is -2.24. The van der Waals surface area contributed by atoms with E-state index in [-0.39, 0.29) is 17.9 Å². The van der Waals surface area contributed by atoms with E-state index in [9.17, 15) is 18.0 Å². The van der Waals surface area contributed by atoms with Crippen LogP contribution >= 0.6 is 0 Å². The number of rotatable bonds is 6. The Morgan fingerprint density at radius 2 is 1.93 bits per heavy atom. The highest BCUT2D eigenvalue weighted by molar-refractivity contribution is 7.91. The fourth-order valence-corrected chi connectivity index (χ4v) is 2.57. The topological polar surface area (TPSA) is 104 Å². The number of sulfone groups is 1. The van der Waals surface area contributed by atoms with Crippen LogP contribution in [0.2, 0.25) is 0 Å². The van der Waals surface area contributed by atoms with E-state index in [0.717, 1.165) is 0 Å². The van der Waals surface area contributed by atoms with E-state index in [1.807, 2.05) is 0 Å². The molecule has 0 aliphatic rings. The van der Waals surface area contributed by atoms with Crippen molar-refractivity contribution in [2.75, 3.05) is 18.6 Å². The zero-order chi connectivity index (χ0) is 12.1. The van der Waals surface area contributed by atoms with Gasteiger partial charge in [-0.1, -0.05) is 6.92 Å². The summed E-state index contributed by atoms with van der Waals surface area (Å²) in [5, 5.41) is 0. The van der Waals surface area contributed by atoms with Crippen LogP contribution in [0.1, 0.15) is 13.3 Å². The summed E-state index contributed by atoms with van der Waals surface area (Å²) in [5.74, 6) is -2.65. The number of hydrogen-bond acceptors (Lipinski definition) is 5. The van der Waals surface area contributed by atoms with Crippen molar-refractivity contribution >= 4 is 21.7 Å². The van der Waals surface area contributed by atoms with Crippen LogP contribution in [0.5, 0.6) is 0 Å². The van der Waals surface area contributed by atoms with E-state index < -0.39 is 27.6 Å². The van der Waals surface area contributed by atoms with E-state index in [4.69, 9.17) is 5.73 Å². The molecule has 1 atom stereocenters. The van der Waals surface area contributed by atoms with Crippen LogP contribution in [0.15, 0.2) is 0 Å². The molecule has 15 heavy (non-hydrogen) atoms. The average molecular weight is 237 g/mol. The summed E-state index contributed by atoms with van der Waals surface area (Å²) < 4.78 is 27.1. The fourth-order valence-electron chi connectivity index (χ4n) is 0.990. The molecule has 0 aromatic rings. The van der Waals surface area contributed by atoms with Crippen LogP contribution < -0.4 is 5.73 Å². The van der Waals surface area contributed by atoms with Crippen LogP contribution in [-0.4, -0.2) is 38.9 Å². The van der Waals surface area contributed by atoms with Gasteiger partial charge < -0.3 is 10.5 Å². The van der Waals surface area contributed by atoms with Crippen molar-refractivity contribution in [2.24, 2.45) is 11.7 Å². The smallest absolute Gasteiger partial charge is 0.309 e. The Morgan fingerprint density at radius 1 is 1.40 bits per heavy atom. The maximum Gasteiger partial charge on any atom is 0.309 e. The first-order valence-electron chi connectivity index (χ1n) is 4.35. The Morgan fingerprint density at radius 3 is 2.33 bits per heavy atom. The largest absolute Gasteiger partial charge is 0.469 e. The maximum absolute atomic E-state index is 11.4. The number of nitrogens with two attached hydrogens (primary N) is 1. The molecule has 0 saturated heterocycles. The van der Waals surface area contributed by atoms with Gasteiger partial charge in [-0.05, 0) is 0 Å². The third kappa shape index (κ3) is 6.05. The first-order chi connectivity index (χ1) is 6.78. The van der Waals surface area contributed by atoms with E-state index in [1.165, 1.54) is 14.0 Å². The molecule has 6 nitrogen and oxygen atoms in total. The Labute approximate surface area is 88.7 Å². The minimum atomic E-state index is -3.43. The Hall–Kier alpha value is -1.11. The van der Waals surface area contributed by atoms with Gasteiger partial charge in [0, 0.05) is 6.42 Å². The summed E-state index contributed by atoms with van der Waals surface area (Å²) in [6.07, 6.45) is -0.226. The summed E-state index contributed by atoms with van der Waals surface area (Å²) in [6, 6.07) is 0.